The number of halogens is 1. The van der Waals surface area contributed by atoms with Gasteiger partial charge in [0.15, 0.2) is 0 Å². The molecule has 4 heterocycles. The highest BCUT2D eigenvalue weighted by atomic mass is 19.1. The molecule has 0 bridgehead atoms. The van der Waals surface area contributed by atoms with Gasteiger partial charge in [0.25, 0.3) is 0 Å². The lowest BCUT2D eigenvalue weighted by Gasteiger charge is -2.43. The van der Waals surface area contributed by atoms with E-state index in [0.717, 1.165) is 25.0 Å². The Morgan fingerprint density at radius 2 is 1.82 bits per heavy atom. The first-order valence-corrected chi connectivity index (χ1v) is 17.6. The molecule has 1 saturated carbocycles. The molecule has 6 rings (SSSR count). The summed E-state index contributed by atoms with van der Waals surface area (Å²) in [7, 11) is 1.51. The molecular formula is C36H50FN7O5. The molecule has 13 heteroatoms. The van der Waals surface area contributed by atoms with E-state index < -0.39 is 11.9 Å². The number of carbonyl (C=O) groups is 3. The topological polar surface area (TPSA) is 128 Å². The summed E-state index contributed by atoms with van der Waals surface area (Å²) in [5.41, 5.74) is 9.44. The fourth-order valence-corrected chi connectivity index (χ4v) is 8.00. The lowest BCUT2D eigenvalue weighted by atomic mass is 9.74. The van der Waals surface area contributed by atoms with E-state index in [2.05, 4.69) is 27.2 Å². The Bertz CT molecular complexity index is 1500. The van der Waals surface area contributed by atoms with Gasteiger partial charge in [0, 0.05) is 74.7 Å². The maximum Gasteiger partial charge on any atom is 0.410 e. The van der Waals surface area contributed by atoms with Crippen LogP contribution >= 0.6 is 0 Å². The first-order valence-electron chi connectivity index (χ1n) is 17.6. The molecule has 1 aromatic heterocycles. The number of piperazine rings is 1. The zero-order valence-corrected chi connectivity index (χ0v) is 29.0. The Labute approximate surface area is 288 Å². The molecular weight excluding hydrogens is 629 g/mol. The largest absolute Gasteiger partial charge is 0.496 e. The van der Waals surface area contributed by atoms with Crippen molar-refractivity contribution in [3.63, 3.8) is 0 Å². The maximum absolute atomic E-state index is 15.2. The fraction of sp³-hybridized carbons (Fsp3) is 0.611. The molecule has 3 N–H and O–H groups in total. The van der Waals surface area contributed by atoms with Crippen molar-refractivity contribution >= 4 is 17.9 Å². The van der Waals surface area contributed by atoms with Gasteiger partial charge in [-0.3, -0.25) is 24.9 Å². The number of methoxy groups -OCH3 is 1. The summed E-state index contributed by atoms with van der Waals surface area (Å²) in [6.45, 7) is 7.74. The van der Waals surface area contributed by atoms with E-state index in [9.17, 15) is 14.4 Å². The Morgan fingerprint density at radius 3 is 2.55 bits per heavy atom. The van der Waals surface area contributed by atoms with Crippen LogP contribution in [0.4, 0.5) is 9.18 Å². The van der Waals surface area contributed by atoms with Crippen LogP contribution in [0.1, 0.15) is 68.8 Å². The summed E-state index contributed by atoms with van der Waals surface area (Å²) >= 11 is 0. The number of likely N-dealkylation sites (tertiary alicyclic amines) is 1. The second kappa shape index (κ2) is 15.4. The number of pyridine rings is 1. The summed E-state index contributed by atoms with van der Waals surface area (Å²) in [4.78, 5) is 50.0. The number of aromatic nitrogens is 1. The van der Waals surface area contributed by atoms with Crippen molar-refractivity contribution in [2.45, 2.75) is 89.7 Å². The third-order valence-corrected chi connectivity index (χ3v) is 10.6. The highest BCUT2D eigenvalue weighted by Crippen LogP contribution is 2.40. The van der Waals surface area contributed by atoms with Crippen LogP contribution in [0.3, 0.4) is 0 Å². The highest BCUT2D eigenvalue weighted by molar-refractivity contribution is 5.83. The van der Waals surface area contributed by atoms with Crippen LogP contribution in [-0.4, -0.2) is 102 Å². The zero-order chi connectivity index (χ0) is 34.7. The lowest BCUT2D eigenvalue weighted by Crippen LogP contribution is -2.60. The average Bonchev–Trinajstić information content (AvgIpc) is 3.52. The quantitative estimate of drug-likeness (QED) is 0.385. The van der Waals surface area contributed by atoms with Gasteiger partial charge in [-0.1, -0.05) is 6.07 Å². The Kier molecular flexibility index (Phi) is 11.0. The number of benzene rings is 1. The predicted octanol–water partition coefficient (Wildman–Crippen LogP) is 3.31. The van der Waals surface area contributed by atoms with Crippen LogP contribution in [0, 0.1) is 24.6 Å². The molecule has 6 atom stereocenters. The molecule has 4 unspecified atom stereocenters. The van der Waals surface area contributed by atoms with Crippen molar-refractivity contribution in [3.8, 4) is 5.75 Å². The first kappa shape index (κ1) is 35.0. The molecule has 0 radical (unpaired) electrons. The van der Waals surface area contributed by atoms with E-state index in [-0.39, 0.29) is 54.5 Å². The number of piperidine rings is 1. The van der Waals surface area contributed by atoms with Gasteiger partial charge in [0.1, 0.15) is 11.6 Å². The Balaban J connectivity index is 1.12. The number of hydrogen-bond donors (Lipinski definition) is 3. The standard InChI is InChI=1S/C36H50FN7O5/c1-22(2)49-36(47)43-16-14-42(15-17-43)35(46)31-11-9-26(20-44(31)21-28-29(37)6-5-7-32(28)48-4)39-34(45)25-8-10-30-27(19-25)33(41-40-30)24-12-13-38-23(3)18-24/h5-7,12-13,18,22,25-27,30-31,33,40-41H,8-11,14-17,19-21H2,1-4H3,(H,39,45)/t25?,26-,27?,30?,31+,33?/m1/s1. The van der Waals surface area contributed by atoms with Gasteiger partial charge in [-0.15, -0.1) is 0 Å². The van der Waals surface area contributed by atoms with Crippen molar-refractivity contribution in [3.05, 3.63) is 59.2 Å². The molecule has 4 fully saturated rings. The minimum Gasteiger partial charge on any atom is -0.496 e. The van der Waals surface area contributed by atoms with Crippen molar-refractivity contribution in [2.75, 3.05) is 39.8 Å². The van der Waals surface area contributed by atoms with E-state index in [0.29, 0.717) is 62.9 Å². The van der Waals surface area contributed by atoms with E-state index >= 15 is 4.39 Å². The third kappa shape index (κ3) is 7.99. The molecule has 0 spiro atoms. The maximum atomic E-state index is 15.2. The monoisotopic (exact) mass is 679 g/mol. The number of nitrogens with one attached hydrogen (secondary N) is 3. The van der Waals surface area contributed by atoms with E-state index in [1.54, 1.807) is 21.9 Å². The fourth-order valence-electron chi connectivity index (χ4n) is 8.00. The summed E-state index contributed by atoms with van der Waals surface area (Å²) in [5, 5.41) is 3.32. The van der Waals surface area contributed by atoms with E-state index in [1.807, 2.05) is 37.9 Å². The second-order valence-electron chi connectivity index (χ2n) is 14.2. The van der Waals surface area contributed by atoms with Gasteiger partial charge in [-0.25, -0.2) is 14.6 Å². The number of carbonyl (C=O) groups excluding carboxylic acids is 3. The Hall–Kier alpha value is -3.81. The summed E-state index contributed by atoms with van der Waals surface area (Å²) in [6.07, 6.45) is 4.86. The molecule has 2 aromatic rings. The molecule has 3 amide bonds. The van der Waals surface area contributed by atoms with Gasteiger partial charge in [-0.2, -0.15) is 0 Å². The minimum absolute atomic E-state index is 0.0395. The number of aryl methyl sites for hydroxylation is 1. The number of rotatable bonds is 8. The van der Waals surface area contributed by atoms with Crippen molar-refractivity contribution < 1.29 is 28.2 Å². The number of hydrazine groups is 1. The number of ether oxygens (including phenoxy) is 2. The van der Waals surface area contributed by atoms with Crippen LogP contribution in [0.2, 0.25) is 0 Å². The second-order valence-corrected chi connectivity index (χ2v) is 14.2. The molecule has 3 aliphatic heterocycles. The summed E-state index contributed by atoms with van der Waals surface area (Å²) < 4.78 is 26.0. The highest BCUT2D eigenvalue weighted by Gasteiger charge is 2.44. The van der Waals surface area contributed by atoms with Gasteiger partial charge in [0.2, 0.25) is 11.8 Å². The lowest BCUT2D eigenvalue weighted by molar-refractivity contribution is -0.140. The number of fused-ring (bicyclic) bond motifs is 1. The van der Waals surface area contributed by atoms with Crippen LogP contribution in [0.5, 0.6) is 5.75 Å². The third-order valence-electron chi connectivity index (χ3n) is 10.6. The predicted molar refractivity (Wildman–Crippen MR) is 181 cm³/mol. The van der Waals surface area contributed by atoms with Gasteiger partial charge in [0.05, 0.1) is 25.3 Å². The van der Waals surface area contributed by atoms with Crippen molar-refractivity contribution in [2.24, 2.45) is 11.8 Å². The van der Waals surface area contributed by atoms with Crippen LogP contribution in [0.15, 0.2) is 36.5 Å². The van der Waals surface area contributed by atoms with Gasteiger partial charge in [-0.05, 0) is 88.6 Å². The molecule has 1 aromatic carbocycles. The van der Waals surface area contributed by atoms with E-state index in [1.165, 1.54) is 18.7 Å². The van der Waals surface area contributed by atoms with E-state index in [4.69, 9.17) is 9.47 Å². The van der Waals surface area contributed by atoms with Crippen LogP contribution in [0.25, 0.3) is 0 Å². The number of hydrogen-bond acceptors (Lipinski definition) is 9. The molecule has 266 valence electrons. The smallest absolute Gasteiger partial charge is 0.410 e. The summed E-state index contributed by atoms with van der Waals surface area (Å²) in [6, 6.07) is 8.59. The molecule has 12 nitrogen and oxygen atoms in total. The number of nitrogens with zero attached hydrogens (tertiary/aromatic N) is 4. The molecule has 3 saturated heterocycles. The van der Waals surface area contributed by atoms with Gasteiger partial charge >= 0.3 is 6.09 Å². The normalized spacial score (nSPS) is 27.5. The van der Waals surface area contributed by atoms with Gasteiger partial charge < -0.3 is 24.6 Å². The van der Waals surface area contributed by atoms with Crippen LogP contribution < -0.4 is 20.9 Å². The first-order chi connectivity index (χ1) is 23.6. The van der Waals surface area contributed by atoms with Crippen LogP contribution in [-0.2, 0) is 20.9 Å². The average molecular weight is 680 g/mol. The minimum atomic E-state index is -0.498. The Morgan fingerprint density at radius 1 is 1.04 bits per heavy atom. The summed E-state index contributed by atoms with van der Waals surface area (Å²) in [5.74, 6) is 0.169. The molecule has 4 aliphatic rings. The molecule has 49 heavy (non-hydrogen) atoms. The zero-order valence-electron chi connectivity index (χ0n) is 29.0. The van der Waals surface area contributed by atoms with Crippen molar-refractivity contribution in [1.82, 2.24) is 35.9 Å². The molecule has 1 aliphatic carbocycles. The number of amides is 3. The SMILES string of the molecule is COc1cccc(F)c1CN1C[C@H](NC(=O)C2CCC3NNC(c4ccnc(C)c4)C3C2)CC[C@H]1C(=O)N1CCN(C(=O)OC(C)C)CC1. The van der Waals surface area contributed by atoms with Crippen molar-refractivity contribution in [1.29, 1.82) is 0 Å².